The molecular weight excluding hydrogens is 334 g/mol. The largest absolute Gasteiger partial charge is 0.367 e. The van der Waals surface area contributed by atoms with E-state index in [4.69, 9.17) is 4.74 Å². The van der Waals surface area contributed by atoms with E-state index >= 15 is 0 Å². The van der Waals surface area contributed by atoms with Gasteiger partial charge in [0, 0.05) is 19.2 Å². The standard InChI is InChI=1S/C15H15N3O5S/c1-10-7-16(8-15(23-10)11-4-5-24-9-11)13-3-2-12(17(19)20)6-14(13)18(21)22/h2-6,9-10,15H,7-8H2,1H3. The third-order valence-corrected chi connectivity index (χ3v) is 4.58. The molecule has 1 fully saturated rings. The molecule has 9 heteroatoms. The Morgan fingerprint density at radius 1 is 1.21 bits per heavy atom. The van der Waals surface area contributed by atoms with E-state index < -0.39 is 9.85 Å². The fourth-order valence-electron chi connectivity index (χ4n) is 2.83. The fourth-order valence-corrected chi connectivity index (χ4v) is 3.53. The van der Waals surface area contributed by atoms with Gasteiger partial charge in [-0.05, 0) is 35.4 Å². The van der Waals surface area contributed by atoms with Crippen LogP contribution in [0, 0.1) is 20.2 Å². The van der Waals surface area contributed by atoms with Crippen molar-refractivity contribution in [2.75, 3.05) is 18.0 Å². The van der Waals surface area contributed by atoms with E-state index in [2.05, 4.69) is 0 Å². The topological polar surface area (TPSA) is 98.8 Å². The molecule has 2 heterocycles. The second-order valence-corrected chi connectivity index (χ2v) is 6.36. The van der Waals surface area contributed by atoms with Crippen molar-refractivity contribution < 1.29 is 14.6 Å². The lowest BCUT2D eigenvalue weighted by Gasteiger charge is -2.37. The summed E-state index contributed by atoms with van der Waals surface area (Å²) >= 11 is 1.56. The van der Waals surface area contributed by atoms with Crippen molar-refractivity contribution in [1.82, 2.24) is 0 Å². The highest BCUT2D eigenvalue weighted by Crippen LogP contribution is 2.36. The van der Waals surface area contributed by atoms with Crippen molar-refractivity contribution in [2.45, 2.75) is 19.1 Å². The average Bonchev–Trinajstić information content (AvgIpc) is 3.08. The molecule has 1 aliphatic heterocycles. The highest BCUT2D eigenvalue weighted by molar-refractivity contribution is 7.07. The lowest BCUT2D eigenvalue weighted by molar-refractivity contribution is -0.393. The number of rotatable bonds is 4. The summed E-state index contributed by atoms with van der Waals surface area (Å²) in [5.74, 6) is 0. The van der Waals surface area contributed by atoms with Gasteiger partial charge in [-0.25, -0.2) is 0 Å². The molecule has 0 spiro atoms. The van der Waals surface area contributed by atoms with Gasteiger partial charge in [-0.2, -0.15) is 11.3 Å². The zero-order valence-corrected chi connectivity index (χ0v) is 13.6. The Balaban J connectivity index is 1.95. The van der Waals surface area contributed by atoms with Crippen molar-refractivity contribution in [3.05, 3.63) is 60.8 Å². The van der Waals surface area contributed by atoms with Crippen molar-refractivity contribution in [1.29, 1.82) is 0 Å². The van der Waals surface area contributed by atoms with E-state index in [0.29, 0.717) is 18.8 Å². The SMILES string of the molecule is CC1CN(c2ccc([N+](=O)[O-])cc2[N+](=O)[O-])CC(c2ccsc2)O1. The van der Waals surface area contributed by atoms with E-state index in [1.54, 1.807) is 11.3 Å². The first-order valence-electron chi connectivity index (χ1n) is 7.31. The third-order valence-electron chi connectivity index (χ3n) is 3.88. The summed E-state index contributed by atoms with van der Waals surface area (Å²) in [6, 6.07) is 5.71. The molecule has 1 aromatic heterocycles. The number of anilines is 1. The molecular formula is C15H15N3O5S. The number of nitro groups is 2. The number of thiophene rings is 1. The maximum atomic E-state index is 11.4. The maximum Gasteiger partial charge on any atom is 0.299 e. The molecule has 126 valence electrons. The van der Waals surface area contributed by atoms with Gasteiger partial charge in [-0.3, -0.25) is 20.2 Å². The summed E-state index contributed by atoms with van der Waals surface area (Å²) < 4.78 is 5.93. The first-order chi connectivity index (χ1) is 11.5. The van der Waals surface area contributed by atoms with Crippen LogP contribution in [-0.4, -0.2) is 29.0 Å². The molecule has 0 radical (unpaired) electrons. The number of morpholine rings is 1. The Labute approximate surface area is 141 Å². The van der Waals surface area contributed by atoms with Gasteiger partial charge in [0.1, 0.15) is 11.8 Å². The summed E-state index contributed by atoms with van der Waals surface area (Å²) in [4.78, 5) is 22.9. The van der Waals surface area contributed by atoms with Crippen LogP contribution in [0.5, 0.6) is 0 Å². The Bertz CT molecular complexity index is 764. The molecule has 2 atom stereocenters. The molecule has 8 nitrogen and oxygen atoms in total. The number of nitro benzene ring substituents is 2. The van der Waals surface area contributed by atoms with Gasteiger partial charge in [-0.15, -0.1) is 0 Å². The van der Waals surface area contributed by atoms with Crippen molar-refractivity contribution in [3.63, 3.8) is 0 Å². The monoisotopic (exact) mass is 349 g/mol. The number of hydrogen-bond acceptors (Lipinski definition) is 7. The maximum absolute atomic E-state index is 11.4. The number of benzene rings is 1. The van der Waals surface area contributed by atoms with E-state index in [0.717, 1.165) is 11.6 Å². The lowest BCUT2D eigenvalue weighted by Crippen LogP contribution is -2.43. The minimum atomic E-state index is -0.632. The first-order valence-corrected chi connectivity index (χ1v) is 8.25. The van der Waals surface area contributed by atoms with Crippen LogP contribution >= 0.6 is 11.3 Å². The fraction of sp³-hybridized carbons (Fsp3) is 0.333. The minimum absolute atomic E-state index is 0.113. The van der Waals surface area contributed by atoms with Gasteiger partial charge >= 0.3 is 0 Å². The predicted molar refractivity (Wildman–Crippen MR) is 89.6 cm³/mol. The summed E-state index contributed by atoms with van der Waals surface area (Å²) in [6.07, 6.45) is -0.298. The van der Waals surface area contributed by atoms with Crippen LogP contribution in [0.4, 0.5) is 17.1 Å². The molecule has 0 amide bonds. The molecule has 2 unspecified atom stereocenters. The molecule has 3 rings (SSSR count). The summed E-state index contributed by atoms with van der Waals surface area (Å²) in [6.45, 7) is 2.85. The molecule has 1 saturated heterocycles. The van der Waals surface area contributed by atoms with Crippen LogP contribution in [0.3, 0.4) is 0 Å². The van der Waals surface area contributed by atoms with E-state index in [1.165, 1.54) is 12.1 Å². The van der Waals surface area contributed by atoms with Gasteiger partial charge in [0.15, 0.2) is 0 Å². The Hall–Kier alpha value is -2.52. The molecule has 1 aromatic carbocycles. The van der Waals surface area contributed by atoms with Crippen LogP contribution < -0.4 is 4.90 Å². The van der Waals surface area contributed by atoms with Gasteiger partial charge in [-0.1, -0.05) is 0 Å². The van der Waals surface area contributed by atoms with Crippen LogP contribution in [-0.2, 0) is 4.74 Å². The molecule has 0 bridgehead atoms. The van der Waals surface area contributed by atoms with Crippen molar-refractivity contribution in [2.24, 2.45) is 0 Å². The number of ether oxygens (including phenoxy) is 1. The van der Waals surface area contributed by atoms with Gasteiger partial charge in [0.2, 0.25) is 0 Å². The summed E-state index contributed by atoms with van der Waals surface area (Å²) in [5.41, 5.74) is 0.852. The summed E-state index contributed by atoms with van der Waals surface area (Å²) in [5, 5.41) is 26.2. The molecule has 0 N–H and O–H groups in total. The van der Waals surface area contributed by atoms with Gasteiger partial charge in [0.05, 0.1) is 22.0 Å². The van der Waals surface area contributed by atoms with E-state index in [1.807, 2.05) is 28.7 Å². The quantitative estimate of drug-likeness (QED) is 0.618. The summed E-state index contributed by atoms with van der Waals surface area (Å²) in [7, 11) is 0. The van der Waals surface area contributed by atoms with Crippen LogP contribution in [0.15, 0.2) is 35.0 Å². The zero-order chi connectivity index (χ0) is 17.3. The van der Waals surface area contributed by atoms with Crippen LogP contribution in [0.2, 0.25) is 0 Å². The zero-order valence-electron chi connectivity index (χ0n) is 12.8. The van der Waals surface area contributed by atoms with E-state index in [9.17, 15) is 20.2 Å². The Morgan fingerprint density at radius 2 is 2.00 bits per heavy atom. The third kappa shape index (κ3) is 3.22. The molecule has 0 saturated carbocycles. The highest BCUT2D eigenvalue weighted by atomic mass is 32.1. The lowest BCUT2D eigenvalue weighted by atomic mass is 10.1. The normalized spacial score (nSPS) is 20.8. The molecule has 2 aromatic rings. The Kier molecular flexibility index (Phi) is 4.45. The highest BCUT2D eigenvalue weighted by Gasteiger charge is 2.31. The predicted octanol–water partition coefficient (Wildman–Crippen LogP) is 3.53. The number of non-ortho nitro benzene ring substituents is 1. The van der Waals surface area contributed by atoms with Gasteiger partial charge < -0.3 is 9.64 Å². The first kappa shape index (κ1) is 16.3. The second kappa shape index (κ2) is 6.54. The smallest absolute Gasteiger partial charge is 0.299 e. The van der Waals surface area contributed by atoms with Gasteiger partial charge in [0.25, 0.3) is 11.4 Å². The van der Waals surface area contributed by atoms with Crippen molar-refractivity contribution in [3.8, 4) is 0 Å². The van der Waals surface area contributed by atoms with Crippen LogP contribution in [0.25, 0.3) is 0 Å². The molecule has 24 heavy (non-hydrogen) atoms. The number of nitrogens with zero attached hydrogens (tertiary/aromatic N) is 3. The molecule has 0 aliphatic carbocycles. The second-order valence-electron chi connectivity index (χ2n) is 5.58. The van der Waals surface area contributed by atoms with E-state index in [-0.39, 0.29) is 23.6 Å². The van der Waals surface area contributed by atoms with Crippen molar-refractivity contribution >= 4 is 28.4 Å². The molecule has 1 aliphatic rings. The number of hydrogen-bond donors (Lipinski definition) is 0. The average molecular weight is 349 g/mol. The Morgan fingerprint density at radius 3 is 2.62 bits per heavy atom. The van der Waals surface area contributed by atoms with Crippen LogP contribution in [0.1, 0.15) is 18.6 Å². The minimum Gasteiger partial charge on any atom is -0.367 e.